The van der Waals surface area contributed by atoms with Crippen LogP contribution < -0.4 is 0 Å². The van der Waals surface area contributed by atoms with Crippen molar-refractivity contribution in [2.24, 2.45) is 0 Å². The molecule has 0 unspecified atom stereocenters. The van der Waals surface area contributed by atoms with Crippen LogP contribution in [0.3, 0.4) is 0 Å². The van der Waals surface area contributed by atoms with Gasteiger partial charge in [0.1, 0.15) is 6.10 Å². The highest BCUT2D eigenvalue weighted by Gasteiger charge is 2.31. The molecule has 126 valence electrons. The maximum Gasteiger partial charge on any atom is 0.356 e. The second-order valence-electron chi connectivity index (χ2n) is 5.74. The summed E-state index contributed by atoms with van der Waals surface area (Å²) in [6.45, 7) is 2.34. The molecule has 3 rings (SSSR count). The van der Waals surface area contributed by atoms with Gasteiger partial charge in [0.25, 0.3) is 5.91 Å². The van der Waals surface area contributed by atoms with E-state index in [2.05, 4.69) is 10.1 Å². The van der Waals surface area contributed by atoms with Gasteiger partial charge in [-0.25, -0.2) is 4.79 Å². The second-order valence-corrected chi connectivity index (χ2v) is 5.74. The summed E-state index contributed by atoms with van der Waals surface area (Å²) in [6, 6.07) is 5.52. The summed E-state index contributed by atoms with van der Waals surface area (Å²) in [4.78, 5) is 29.2. The molecule has 3 heterocycles. The zero-order chi connectivity index (χ0) is 17.3. The molecule has 0 bridgehead atoms. The third-order valence-corrected chi connectivity index (χ3v) is 4.04. The predicted octanol–water partition coefficient (Wildman–Crippen LogP) is 0.290. The van der Waals surface area contributed by atoms with Crippen molar-refractivity contribution in [1.82, 2.24) is 19.7 Å². The van der Waals surface area contributed by atoms with Crippen molar-refractivity contribution < 1.29 is 19.8 Å². The average Bonchev–Trinajstić information content (AvgIpc) is 2.93. The van der Waals surface area contributed by atoms with Crippen LogP contribution in [0.25, 0.3) is 0 Å². The van der Waals surface area contributed by atoms with Crippen LogP contribution in [0.4, 0.5) is 0 Å². The van der Waals surface area contributed by atoms with Crippen molar-refractivity contribution >= 4 is 11.9 Å². The number of fused-ring (bicyclic) bond motifs is 1. The molecular formula is C16H18N4O4. The number of hydrogen-bond acceptors (Lipinski definition) is 5. The Balaban J connectivity index is 1.94. The number of aromatic nitrogens is 3. The van der Waals surface area contributed by atoms with E-state index in [4.69, 9.17) is 0 Å². The van der Waals surface area contributed by atoms with Gasteiger partial charge in [-0.2, -0.15) is 5.10 Å². The van der Waals surface area contributed by atoms with E-state index in [-0.39, 0.29) is 12.2 Å². The number of aliphatic hydroxyl groups excluding tert-OH is 1. The van der Waals surface area contributed by atoms with Crippen molar-refractivity contribution in [2.75, 3.05) is 6.54 Å². The fourth-order valence-electron chi connectivity index (χ4n) is 2.89. The Morgan fingerprint density at radius 2 is 2.17 bits per heavy atom. The molecule has 8 nitrogen and oxygen atoms in total. The molecule has 0 saturated heterocycles. The molecule has 0 aromatic carbocycles. The Hall–Kier alpha value is -2.74. The Morgan fingerprint density at radius 3 is 2.79 bits per heavy atom. The Morgan fingerprint density at radius 1 is 1.38 bits per heavy atom. The summed E-state index contributed by atoms with van der Waals surface area (Å²) in [6.07, 6.45) is 1.05. The first-order valence-electron chi connectivity index (χ1n) is 7.66. The third-order valence-electron chi connectivity index (χ3n) is 4.04. The molecule has 0 radical (unpaired) electrons. The maximum absolute atomic E-state index is 12.0. The van der Waals surface area contributed by atoms with Crippen LogP contribution in [0.15, 0.2) is 24.4 Å². The highest BCUT2D eigenvalue weighted by molar-refractivity contribution is 5.88. The van der Waals surface area contributed by atoms with Gasteiger partial charge in [-0.1, -0.05) is 6.07 Å². The van der Waals surface area contributed by atoms with Crippen LogP contribution >= 0.6 is 0 Å². The number of pyridine rings is 1. The zero-order valence-electron chi connectivity index (χ0n) is 13.2. The largest absolute Gasteiger partial charge is 0.476 e. The van der Waals surface area contributed by atoms with Crippen LogP contribution in [0.5, 0.6) is 0 Å². The SMILES string of the molecule is C[C@H](O)C(=O)N1CCc2c(c(C(=O)O)nn2Cc2ccccn2)C1. The molecule has 1 aliphatic rings. The first-order chi connectivity index (χ1) is 11.5. The van der Waals surface area contributed by atoms with Crippen LogP contribution in [0, 0.1) is 0 Å². The number of carbonyl (C=O) groups excluding carboxylic acids is 1. The van der Waals surface area contributed by atoms with Crippen LogP contribution in [-0.2, 0) is 24.3 Å². The number of amides is 1. The molecule has 0 spiro atoms. The highest BCUT2D eigenvalue weighted by atomic mass is 16.4. The second kappa shape index (κ2) is 6.40. The lowest BCUT2D eigenvalue weighted by Gasteiger charge is -2.28. The molecule has 2 aromatic heterocycles. The van der Waals surface area contributed by atoms with Crippen LogP contribution in [0.1, 0.15) is 34.4 Å². The summed E-state index contributed by atoms with van der Waals surface area (Å²) in [5.41, 5.74) is 2.05. The van der Waals surface area contributed by atoms with Gasteiger partial charge in [-0.15, -0.1) is 0 Å². The van der Waals surface area contributed by atoms with Crippen molar-refractivity contribution in [3.63, 3.8) is 0 Å². The average molecular weight is 330 g/mol. The number of carboxylic acids is 1. The molecule has 2 aromatic rings. The minimum Gasteiger partial charge on any atom is -0.476 e. The van der Waals surface area contributed by atoms with Gasteiger partial charge in [0, 0.05) is 37.0 Å². The molecule has 0 fully saturated rings. The lowest BCUT2D eigenvalue weighted by atomic mass is 10.0. The van der Waals surface area contributed by atoms with E-state index >= 15 is 0 Å². The first kappa shape index (κ1) is 16.1. The van der Waals surface area contributed by atoms with Gasteiger partial charge in [-0.3, -0.25) is 14.5 Å². The van der Waals surface area contributed by atoms with Crippen molar-refractivity contribution in [1.29, 1.82) is 0 Å². The minimum atomic E-state index is -1.13. The molecular weight excluding hydrogens is 312 g/mol. The van der Waals surface area contributed by atoms with E-state index in [1.807, 2.05) is 18.2 Å². The van der Waals surface area contributed by atoms with Gasteiger partial charge in [-0.05, 0) is 19.1 Å². The number of nitrogens with zero attached hydrogens (tertiary/aromatic N) is 4. The van der Waals surface area contributed by atoms with Crippen LogP contribution in [0.2, 0.25) is 0 Å². The molecule has 1 atom stereocenters. The van der Waals surface area contributed by atoms with Crippen molar-refractivity contribution in [3.8, 4) is 0 Å². The molecule has 1 aliphatic heterocycles. The molecule has 0 saturated carbocycles. The van der Waals surface area contributed by atoms with Crippen molar-refractivity contribution in [3.05, 3.63) is 47.0 Å². The number of aromatic carboxylic acids is 1. The molecule has 24 heavy (non-hydrogen) atoms. The van der Waals surface area contributed by atoms with E-state index in [0.29, 0.717) is 25.1 Å². The molecule has 2 N–H and O–H groups in total. The van der Waals surface area contributed by atoms with E-state index in [1.165, 1.54) is 11.8 Å². The van der Waals surface area contributed by atoms with Gasteiger partial charge >= 0.3 is 5.97 Å². The lowest BCUT2D eigenvalue weighted by Crippen LogP contribution is -2.41. The molecule has 0 aliphatic carbocycles. The normalized spacial score (nSPS) is 15.0. The van der Waals surface area contributed by atoms with E-state index in [1.54, 1.807) is 10.9 Å². The summed E-state index contributed by atoms with van der Waals surface area (Å²) >= 11 is 0. The summed E-state index contributed by atoms with van der Waals surface area (Å²) in [5.74, 6) is -1.54. The standard InChI is InChI=1S/C16H18N4O4/c1-10(21)15(22)19-7-5-13-12(9-19)14(16(23)24)18-20(13)8-11-4-2-3-6-17-11/h2-4,6,10,21H,5,7-9H2,1H3,(H,23,24)/t10-/m0/s1. The van der Waals surface area contributed by atoms with E-state index in [9.17, 15) is 19.8 Å². The number of carboxylic acid groups (broad SMARTS) is 1. The summed E-state index contributed by atoms with van der Waals surface area (Å²) < 4.78 is 1.64. The summed E-state index contributed by atoms with van der Waals surface area (Å²) in [7, 11) is 0. The molecule has 8 heteroatoms. The third kappa shape index (κ3) is 3.00. The number of hydrogen-bond donors (Lipinski definition) is 2. The highest BCUT2D eigenvalue weighted by Crippen LogP contribution is 2.24. The summed E-state index contributed by atoms with van der Waals surface area (Å²) in [5, 5.41) is 23.1. The lowest BCUT2D eigenvalue weighted by molar-refractivity contribution is -0.140. The number of aliphatic hydroxyl groups is 1. The zero-order valence-corrected chi connectivity index (χ0v) is 13.2. The van der Waals surface area contributed by atoms with Gasteiger partial charge < -0.3 is 15.1 Å². The van der Waals surface area contributed by atoms with Crippen LogP contribution in [-0.4, -0.2) is 54.4 Å². The molecule has 1 amide bonds. The van der Waals surface area contributed by atoms with E-state index in [0.717, 1.165) is 11.4 Å². The Kier molecular flexibility index (Phi) is 4.30. The van der Waals surface area contributed by atoms with Gasteiger partial charge in [0.05, 0.1) is 12.2 Å². The topological polar surface area (TPSA) is 109 Å². The smallest absolute Gasteiger partial charge is 0.356 e. The Bertz CT molecular complexity index is 770. The monoisotopic (exact) mass is 330 g/mol. The van der Waals surface area contributed by atoms with Gasteiger partial charge in [0.2, 0.25) is 0 Å². The fourth-order valence-corrected chi connectivity index (χ4v) is 2.89. The number of rotatable bonds is 4. The fraction of sp³-hybridized carbons (Fsp3) is 0.375. The Labute approximate surface area is 138 Å². The van der Waals surface area contributed by atoms with Crippen molar-refractivity contribution in [2.45, 2.75) is 32.5 Å². The van der Waals surface area contributed by atoms with E-state index < -0.39 is 18.0 Å². The quantitative estimate of drug-likeness (QED) is 0.834. The first-order valence-corrected chi connectivity index (χ1v) is 7.66. The predicted molar refractivity (Wildman–Crippen MR) is 83.3 cm³/mol. The maximum atomic E-state index is 12.0. The van der Waals surface area contributed by atoms with Gasteiger partial charge in [0.15, 0.2) is 5.69 Å². The number of carbonyl (C=O) groups is 2. The minimum absolute atomic E-state index is 0.0518.